The quantitative estimate of drug-likeness (QED) is 0.306. The van der Waals surface area contributed by atoms with Gasteiger partial charge in [-0.05, 0) is 61.1 Å². The highest BCUT2D eigenvalue weighted by atomic mass is 35.5. The topological polar surface area (TPSA) is 74.8 Å². The Morgan fingerprint density at radius 1 is 0.879 bits per heavy atom. The van der Waals surface area contributed by atoms with E-state index in [9.17, 15) is 9.59 Å². The van der Waals surface area contributed by atoms with E-state index in [1.807, 2.05) is 54.6 Å². The van der Waals surface area contributed by atoms with Gasteiger partial charge in [-0.1, -0.05) is 66.2 Å². The Morgan fingerprint density at radius 2 is 1.61 bits per heavy atom. The maximum atomic E-state index is 13.1. The number of benzene rings is 3. The van der Waals surface area contributed by atoms with E-state index >= 15 is 0 Å². The average molecular weight is 460 g/mol. The van der Waals surface area contributed by atoms with Crippen LogP contribution in [0.1, 0.15) is 41.0 Å². The molecule has 0 aliphatic carbocycles. The highest BCUT2D eigenvalue weighted by molar-refractivity contribution is 6.30. The van der Waals surface area contributed by atoms with Crippen LogP contribution in [-0.2, 0) is 17.6 Å². The fourth-order valence-electron chi connectivity index (χ4n) is 3.84. The van der Waals surface area contributed by atoms with E-state index < -0.39 is 6.04 Å². The maximum Gasteiger partial charge on any atom is 0.287 e. The number of ketones is 1. The maximum absolute atomic E-state index is 13.1. The fourth-order valence-corrected chi connectivity index (χ4v) is 3.96. The molecule has 4 rings (SSSR count). The number of unbranched alkanes of at least 4 members (excludes halogenated alkanes) is 1. The number of H-pyrrole nitrogens is 1. The Morgan fingerprint density at radius 3 is 2.36 bits per heavy atom. The van der Waals surface area contributed by atoms with E-state index in [4.69, 9.17) is 11.6 Å². The summed E-state index contributed by atoms with van der Waals surface area (Å²) in [6.07, 6.45) is 3.43. The normalized spacial score (nSPS) is 11.9. The SMILES string of the molecule is O=C(N[C@@H](Cc1ccc(Cl)cc1)C(=O)CCCCc1ccccc1)c1nc2ccccc2[nH]1. The number of hydrogen-bond donors (Lipinski definition) is 2. The minimum absolute atomic E-state index is 0.0162. The van der Waals surface area contributed by atoms with E-state index in [2.05, 4.69) is 27.4 Å². The van der Waals surface area contributed by atoms with E-state index in [-0.39, 0.29) is 17.5 Å². The molecule has 0 fully saturated rings. The molecule has 0 bridgehead atoms. The number of aromatic nitrogens is 2. The number of para-hydroxylation sites is 2. The van der Waals surface area contributed by atoms with Crippen molar-refractivity contribution in [2.75, 3.05) is 0 Å². The molecule has 0 unspecified atom stereocenters. The second-order valence-corrected chi connectivity index (χ2v) is 8.55. The first-order valence-corrected chi connectivity index (χ1v) is 11.5. The van der Waals surface area contributed by atoms with Gasteiger partial charge in [0.05, 0.1) is 17.1 Å². The molecule has 0 spiro atoms. The van der Waals surface area contributed by atoms with Crippen molar-refractivity contribution in [3.05, 3.63) is 101 Å². The van der Waals surface area contributed by atoms with E-state index in [0.717, 1.165) is 30.3 Å². The van der Waals surface area contributed by atoms with Gasteiger partial charge in [0.25, 0.3) is 5.91 Å². The monoisotopic (exact) mass is 459 g/mol. The van der Waals surface area contributed by atoms with Crippen LogP contribution < -0.4 is 5.32 Å². The summed E-state index contributed by atoms with van der Waals surface area (Å²) in [4.78, 5) is 33.4. The number of Topliss-reactive ketones (excluding diaryl/α,β-unsaturated/α-hetero) is 1. The van der Waals surface area contributed by atoms with Crippen LogP contribution in [0.4, 0.5) is 0 Å². The largest absolute Gasteiger partial charge is 0.339 e. The second-order valence-electron chi connectivity index (χ2n) is 8.12. The third-order valence-corrected chi connectivity index (χ3v) is 5.88. The number of carbonyl (C=O) groups is 2. The number of hydrogen-bond acceptors (Lipinski definition) is 3. The number of halogens is 1. The summed E-state index contributed by atoms with van der Waals surface area (Å²) in [5, 5.41) is 3.53. The Hall–Kier alpha value is -3.44. The molecule has 1 aromatic heterocycles. The molecule has 3 aromatic carbocycles. The Labute approximate surface area is 198 Å². The van der Waals surface area contributed by atoms with Crippen LogP contribution in [0.5, 0.6) is 0 Å². The fraction of sp³-hybridized carbons (Fsp3) is 0.222. The van der Waals surface area contributed by atoms with Crippen LogP contribution in [0.25, 0.3) is 11.0 Å². The van der Waals surface area contributed by atoms with Gasteiger partial charge in [-0.2, -0.15) is 0 Å². The predicted molar refractivity (Wildman–Crippen MR) is 132 cm³/mol. The molecular formula is C27H26ClN3O2. The zero-order valence-electron chi connectivity index (χ0n) is 18.3. The Kier molecular flexibility index (Phi) is 7.53. The number of fused-ring (bicyclic) bond motifs is 1. The third-order valence-electron chi connectivity index (χ3n) is 5.63. The minimum atomic E-state index is -0.636. The van der Waals surface area contributed by atoms with Crippen molar-refractivity contribution in [3.8, 4) is 0 Å². The van der Waals surface area contributed by atoms with Gasteiger partial charge < -0.3 is 10.3 Å². The number of nitrogens with zero attached hydrogens (tertiary/aromatic N) is 1. The van der Waals surface area contributed by atoms with Crippen molar-refractivity contribution in [1.29, 1.82) is 0 Å². The number of carbonyl (C=O) groups excluding carboxylic acids is 2. The molecular weight excluding hydrogens is 434 g/mol. The number of aromatic amines is 1. The number of rotatable bonds is 10. The van der Waals surface area contributed by atoms with Crippen molar-refractivity contribution >= 4 is 34.3 Å². The molecule has 1 amide bonds. The van der Waals surface area contributed by atoms with Crippen molar-refractivity contribution in [2.45, 2.75) is 38.1 Å². The van der Waals surface area contributed by atoms with Crippen LogP contribution in [0.2, 0.25) is 5.02 Å². The summed E-state index contributed by atoms with van der Waals surface area (Å²) in [6, 6.07) is 24.4. The zero-order valence-corrected chi connectivity index (χ0v) is 19.0. The molecule has 168 valence electrons. The summed E-state index contributed by atoms with van der Waals surface area (Å²) in [5.41, 5.74) is 3.70. The molecule has 1 atom stereocenters. The molecule has 4 aromatic rings. The van der Waals surface area contributed by atoms with Gasteiger partial charge in [0, 0.05) is 11.4 Å². The Bertz CT molecular complexity index is 1190. The van der Waals surface area contributed by atoms with Gasteiger partial charge in [-0.3, -0.25) is 9.59 Å². The molecule has 0 radical (unpaired) electrons. The number of imidazole rings is 1. The lowest BCUT2D eigenvalue weighted by Gasteiger charge is -2.17. The van der Waals surface area contributed by atoms with Crippen LogP contribution >= 0.6 is 11.6 Å². The summed E-state index contributed by atoms with van der Waals surface area (Å²) in [5.74, 6) is -0.167. The minimum Gasteiger partial charge on any atom is -0.339 e. The van der Waals surface area contributed by atoms with Gasteiger partial charge in [0.1, 0.15) is 0 Å². The van der Waals surface area contributed by atoms with Crippen molar-refractivity contribution < 1.29 is 9.59 Å². The summed E-state index contributed by atoms with van der Waals surface area (Å²) in [7, 11) is 0. The van der Waals surface area contributed by atoms with E-state index in [0.29, 0.717) is 23.4 Å². The standard InChI is InChI=1S/C27H26ClN3O2/c28-21-16-14-20(15-17-21)18-24(25(32)13-7-4-10-19-8-2-1-3-9-19)31-27(33)26-29-22-11-5-6-12-23(22)30-26/h1-3,5-6,8-9,11-12,14-17,24H,4,7,10,13,18H2,(H,29,30)(H,31,33)/t24-/m0/s1. The number of aryl methyl sites for hydroxylation is 1. The van der Waals surface area contributed by atoms with Crippen LogP contribution in [0.3, 0.4) is 0 Å². The highest BCUT2D eigenvalue weighted by Gasteiger charge is 2.23. The van der Waals surface area contributed by atoms with Gasteiger partial charge in [-0.15, -0.1) is 0 Å². The molecule has 0 saturated carbocycles. The smallest absolute Gasteiger partial charge is 0.287 e. The molecule has 0 saturated heterocycles. The van der Waals surface area contributed by atoms with Crippen LogP contribution in [0.15, 0.2) is 78.9 Å². The summed E-state index contributed by atoms with van der Waals surface area (Å²) < 4.78 is 0. The summed E-state index contributed by atoms with van der Waals surface area (Å²) in [6.45, 7) is 0. The molecule has 2 N–H and O–H groups in total. The average Bonchev–Trinajstić information content (AvgIpc) is 3.28. The first-order chi connectivity index (χ1) is 16.1. The molecule has 33 heavy (non-hydrogen) atoms. The molecule has 6 heteroatoms. The van der Waals surface area contributed by atoms with Gasteiger partial charge in [-0.25, -0.2) is 4.98 Å². The lowest BCUT2D eigenvalue weighted by atomic mass is 9.98. The van der Waals surface area contributed by atoms with Gasteiger partial charge in [0.15, 0.2) is 11.6 Å². The van der Waals surface area contributed by atoms with Crippen LogP contribution in [0, 0.1) is 0 Å². The van der Waals surface area contributed by atoms with E-state index in [1.54, 1.807) is 12.1 Å². The van der Waals surface area contributed by atoms with Gasteiger partial charge in [0.2, 0.25) is 0 Å². The molecule has 5 nitrogen and oxygen atoms in total. The zero-order chi connectivity index (χ0) is 23.0. The number of amides is 1. The lowest BCUT2D eigenvalue weighted by molar-refractivity contribution is -0.121. The van der Waals surface area contributed by atoms with Crippen molar-refractivity contribution in [3.63, 3.8) is 0 Å². The second kappa shape index (κ2) is 10.9. The van der Waals surface area contributed by atoms with E-state index in [1.165, 1.54) is 5.56 Å². The van der Waals surface area contributed by atoms with Crippen LogP contribution in [-0.4, -0.2) is 27.7 Å². The molecule has 1 heterocycles. The predicted octanol–water partition coefficient (Wildman–Crippen LogP) is 5.54. The third kappa shape index (κ3) is 6.30. The first-order valence-electron chi connectivity index (χ1n) is 11.2. The molecule has 0 aliphatic rings. The highest BCUT2D eigenvalue weighted by Crippen LogP contribution is 2.15. The summed E-state index contributed by atoms with van der Waals surface area (Å²) >= 11 is 6.00. The Balaban J connectivity index is 1.41. The van der Waals surface area contributed by atoms with Gasteiger partial charge >= 0.3 is 0 Å². The lowest BCUT2D eigenvalue weighted by Crippen LogP contribution is -2.42. The van der Waals surface area contributed by atoms with Crippen molar-refractivity contribution in [1.82, 2.24) is 15.3 Å². The molecule has 0 aliphatic heterocycles. The first kappa shape index (κ1) is 22.7. The van der Waals surface area contributed by atoms with Crippen molar-refractivity contribution in [2.24, 2.45) is 0 Å². The number of nitrogens with one attached hydrogen (secondary N) is 2.